The fourth-order valence-electron chi connectivity index (χ4n) is 3.11. The zero-order valence-corrected chi connectivity index (χ0v) is 18.0. The van der Waals surface area contributed by atoms with Gasteiger partial charge in [-0.3, -0.25) is 4.79 Å². The molecule has 0 spiro atoms. The molecule has 0 radical (unpaired) electrons. The smallest absolute Gasteiger partial charge is 0.233 e. The van der Waals surface area contributed by atoms with E-state index in [2.05, 4.69) is 34.6 Å². The van der Waals surface area contributed by atoms with Gasteiger partial charge in [-0.1, -0.05) is 66.4 Å². The highest BCUT2D eigenvalue weighted by atomic mass is 32.2. The number of benzene rings is 2. The van der Waals surface area contributed by atoms with Crippen LogP contribution in [0.1, 0.15) is 10.4 Å². The maximum absolute atomic E-state index is 12.6. The Hall–Kier alpha value is -2.70. The van der Waals surface area contributed by atoms with E-state index in [1.807, 2.05) is 55.6 Å². The van der Waals surface area contributed by atoms with Crippen LogP contribution < -0.4 is 0 Å². The van der Waals surface area contributed by atoms with Crippen LogP contribution in [0, 0.1) is 6.92 Å². The van der Waals surface area contributed by atoms with E-state index in [-0.39, 0.29) is 5.91 Å². The average molecular weight is 420 g/mol. The molecule has 6 heteroatoms. The van der Waals surface area contributed by atoms with Gasteiger partial charge in [0.1, 0.15) is 10.7 Å². The second-order valence-electron chi connectivity index (χ2n) is 6.83. The van der Waals surface area contributed by atoms with E-state index in [9.17, 15) is 4.79 Å². The molecule has 146 valence electrons. The van der Waals surface area contributed by atoms with E-state index >= 15 is 0 Å². The Morgan fingerprint density at radius 2 is 1.72 bits per heavy atom. The van der Waals surface area contributed by atoms with E-state index in [1.54, 1.807) is 16.2 Å². The summed E-state index contributed by atoms with van der Waals surface area (Å²) in [5.41, 5.74) is 3.13. The minimum atomic E-state index is 0.0841. The Morgan fingerprint density at radius 3 is 2.45 bits per heavy atom. The van der Waals surface area contributed by atoms with Crippen LogP contribution in [0.3, 0.4) is 0 Å². The molecular formula is C23H21N3OS2. The van der Waals surface area contributed by atoms with Crippen molar-refractivity contribution in [3.8, 4) is 11.3 Å². The number of amides is 1. The van der Waals surface area contributed by atoms with Gasteiger partial charge in [-0.2, -0.15) is 0 Å². The summed E-state index contributed by atoms with van der Waals surface area (Å²) in [4.78, 5) is 15.6. The third-order valence-corrected chi connectivity index (χ3v) is 6.78. The Bertz CT molecular complexity index is 1140. The Balaban J connectivity index is 1.53. The molecule has 0 unspecified atom stereocenters. The van der Waals surface area contributed by atoms with Gasteiger partial charge in [0.05, 0.1) is 12.3 Å². The van der Waals surface area contributed by atoms with Crippen molar-refractivity contribution < 1.29 is 4.79 Å². The zero-order chi connectivity index (χ0) is 20.2. The van der Waals surface area contributed by atoms with Crippen LogP contribution in [0.15, 0.2) is 71.1 Å². The average Bonchev–Trinajstić information content (AvgIpc) is 3.16. The first kappa shape index (κ1) is 19.6. The Kier molecular flexibility index (Phi) is 5.92. The molecule has 0 aliphatic carbocycles. The van der Waals surface area contributed by atoms with Crippen molar-refractivity contribution in [3.05, 3.63) is 76.5 Å². The molecular weight excluding hydrogens is 398 g/mol. The fraction of sp³-hybridized carbons (Fsp3) is 0.174. The largest absolute Gasteiger partial charge is 0.340 e. The van der Waals surface area contributed by atoms with Crippen LogP contribution in [-0.4, -0.2) is 33.8 Å². The van der Waals surface area contributed by atoms with Crippen LogP contribution in [0.4, 0.5) is 0 Å². The lowest BCUT2D eigenvalue weighted by molar-refractivity contribution is -0.127. The molecule has 0 N–H and O–H groups in total. The number of carbonyl (C=O) groups excluding carboxylic acids is 1. The van der Waals surface area contributed by atoms with Crippen molar-refractivity contribution in [2.75, 3.05) is 12.8 Å². The Morgan fingerprint density at radius 1 is 1.00 bits per heavy atom. The van der Waals surface area contributed by atoms with Gasteiger partial charge in [0.15, 0.2) is 0 Å². The van der Waals surface area contributed by atoms with E-state index < -0.39 is 0 Å². The van der Waals surface area contributed by atoms with Crippen molar-refractivity contribution in [1.29, 1.82) is 0 Å². The maximum atomic E-state index is 12.6. The summed E-state index contributed by atoms with van der Waals surface area (Å²) in [7, 11) is 1.85. The van der Waals surface area contributed by atoms with Gasteiger partial charge in [-0.05, 0) is 23.9 Å². The standard InChI is InChI=1S/C23H21N3OS2/c1-16-12-13-28-20(16)14-26(2)21(27)15-29-23-19-11-7-6-10-18(19)22(24-25-23)17-8-4-3-5-9-17/h3-13H,14-15H2,1-2H3. The second kappa shape index (κ2) is 8.76. The highest BCUT2D eigenvalue weighted by Gasteiger charge is 2.15. The first-order valence-corrected chi connectivity index (χ1v) is 11.2. The monoisotopic (exact) mass is 419 g/mol. The molecule has 4 nitrogen and oxygen atoms in total. The van der Waals surface area contributed by atoms with Crippen molar-refractivity contribution in [1.82, 2.24) is 15.1 Å². The molecule has 0 atom stereocenters. The summed E-state index contributed by atoms with van der Waals surface area (Å²) in [6, 6.07) is 20.3. The summed E-state index contributed by atoms with van der Waals surface area (Å²) in [5.74, 6) is 0.422. The number of carbonyl (C=O) groups is 1. The number of hydrogen-bond donors (Lipinski definition) is 0. The van der Waals surface area contributed by atoms with E-state index in [1.165, 1.54) is 22.2 Å². The highest BCUT2D eigenvalue weighted by Crippen LogP contribution is 2.31. The number of thioether (sulfide) groups is 1. The van der Waals surface area contributed by atoms with Crippen LogP contribution in [-0.2, 0) is 11.3 Å². The third-order valence-electron chi connectivity index (χ3n) is 4.81. The molecule has 0 aliphatic heterocycles. The van der Waals surface area contributed by atoms with Crippen LogP contribution >= 0.6 is 23.1 Å². The lowest BCUT2D eigenvalue weighted by Crippen LogP contribution is -2.27. The number of thiophene rings is 1. The van der Waals surface area contributed by atoms with E-state index in [0.717, 1.165) is 27.1 Å². The number of rotatable bonds is 6. The van der Waals surface area contributed by atoms with Crippen molar-refractivity contribution in [2.45, 2.75) is 18.5 Å². The molecule has 0 saturated heterocycles. The summed E-state index contributed by atoms with van der Waals surface area (Å²) in [6.07, 6.45) is 0. The molecule has 0 bridgehead atoms. The van der Waals surface area contributed by atoms with Crippen molar-refractivity contribution in [3.63, 3.8) is 0 Å². The lowest BCUT2D eigenvalue weighted by Gasteiger charge is -2.17. The van der Waals surface area contributed by atoms with Gasteiger partial charge >= 0.3 is 0 Å². The molecule has 2 aromatic heterocycles. The van der Waals surface area contributed by atoms with Crippen molar-refractivity contribution in [2.24, 2.45) is 0 Å². The molecule has 0 aliphatic rings. The minimum Gasteiger partial charge on any atom is -0.340 e. The van der Waals surface area contributed by atoms with Crippen LogP contribution in [0.25, 0.3) is 22.0 Å². The highest BCUT2D eigenvalue weighted by molar-refractivity contribution is 8.00. The number of aromatic nitrogens is 2. The molecule has 2 aromatic carbocycles. The molecule has 4 aromatic rings. The number of hydrogen-bond acceptors (Lipinski definition) is 5. The van der Waals surface area contributed by atoms with Crippen LogP contribution in [0.2, 0.25) is 0 Å². The van der Waals surface area contributed by atoms with Crippen LogP contribution in [0.5, 0.6) is 0 Å². The summed E-state index contributed by atoms with van der Waals surface area (Å²) >= 11 is 3.13. The molecule has 2 heterocycles. The second-order valence-corrected chi connectivity index (χ2v) is 8.80. The topological polar surface area (TPSA) is 46.1 Å². The Labute approximate surface area is 178 Å². The summed E-state index contributed by atoms with van der Waals surface area (Å²) in [6.45, 7) is 2.72. The molecule has 0 saturated carbocycles. The summed E-state index contributed by atoms with van der Waals surface area (Å²) < 4.78 is 0. The van der Waals surface area contributed by atoms with Crippen molar-refractivity contribution >= 4 is 39.8 Å². The molecule has 29 heavy (non-hydrogen) atoms. The number of aryl methyl sites for hydroxylation is 1. The van der Waals surface area contributed by atoms with Gasteiger partial charge in [-0.15, -0.1) is 21.5 Å². The van der Waals surface area contributed by atoms with Gasteiger partial charge in [0.25, 0.3) is 0 Å². The SMILES string of the molecule is Cc1ccsc1CN(C)C(=O)CSc1nnc(-c2ccccc2)c2ccccc12. The molecule has 0 fully saturated rings. The van der Waals surface area contributed by atoms with Gasteiger partial charge in [0, 0.05) is 28.3 Å². The predicted octanol–water partition coefficient (Wildman–Crippen LogP) is 5.42. The van der Waals surface area contributed by atoms with E-state index in [0.29, 0.717) is 12.3 Å². The maximum Gasteiger partial charge on any atom is 0.233 e. The normalized spacial score (nSPS) is 11.0. The molecule has 4 rings (SSSR count). The predicted molar refractivity (Wildman–Crippen MR) is 121 cm³/mol. The van der Waals surface area contributed by atoms with E-state index in [4.69, 9.17) is 0 Å². The minimum absolute atomic E-state index is 0.0841. The first-order valence-electron chi connectivity index (χ1n) is 9.34. The van der Waals surface area contributed by atoms with Gasteiger partial charge in [0.2, 0.25) is 5.91 Å². The zero-order valence-electron chi connectivity index (χ0n) is 16.3. The first-order chi connectivity index (χ1) is 14.1. The lowest BCUT2D eigenvalue weighted by atomic mass is 10.1. The van der Waals surface area contributed by atoms with Gasteiger partial charge < -0.3 is 4.90 Å². The fourth-order valence-corrected chi connectivity index (χ4v) is 4.98. The number of nitrogens with zero attached hydrogens (tertiary/aromatic N) is 3. The summed E-state index contributed by atoms with van der Waals surface area (Å²) in [5, 5.41) is 13.8. The van der Waals surface area contributed by atoms with Gasteiger partial charge in [-0.25, -0.2) is 0 Å². The number of fused-ring (bicyclic) bond motifs is 1. The molecule has 1 amide bonds. The third kappa shape index (κ3) is 4.33. The quantitative estimate of drug-likeness (QED) is 0.392.